The van der Waals surface area contributed by atoms with Crippen molar-refractivity contribution in [1.29, 1.82) is 0 Å². The highest BCUT2D eigenvalue weighted by molar-refractivity contribution is 5.80. The van der Waals surface area contributed by atoms with Crippen molar-refractivity contribution in [2.45, 2.75) is 51.6 Å². The number of aliphatic imine (C=N–C) groups is 1. The topological polar surface area (TPSA) is 52.8 Å². The molecule has 0 amide bonds. The summed E-state index contributed by atoms with van der Waals surface area (Å²) >= 11 is 0. The lowest BCUT2D eigenvalue weighted by atomic mass is 10.2. The van der Waals surface area contributed by atoms with E-state index < -0.39 is 0 Å². The summed E-state index contributed by atoms with van der Waals surface area (Å²) < 4.78 is 5.64. The van der Waals surface area contributed by atoms with Gasteiger partial charge in [-0.25, -0.2) is 0 Å². The van der Waals surface area contributed by atoms with E-state index in [0.29, 0.717) is 6.04 Å². The van der Waals surface area contributed by atoms with Crippen LogP contribution in [0.15, 0.2) is 27.8 Å². The van der Waals surface area contributed by atoms with E-state index in [2.05, 4.69) is 40.4 Å². The van der Waals surface area contributed by atoms with Gasteiger partial charge in [0.25, 0.3) is 0 Å². The highest BCUT2D eigenvalue weighted by Crippen LogP contribution is 2.20. The van der Waals surface area contributed by atoms with Gasteiger partial charge < -0.3 is 15.1 Å². The molecular weight excluding hydrogens is 276 g/mol. The first-order valence-corrected chi connectivity index (χ1v) is 8.53. The number of guanidine groups is 1. The maximum atomic E-state index is 5.64. The summed E-state index contributed by atoms with van der Waals surface area (Å²) in [6.07, 6.45) is 6.89. The second kappa shape index (κ2) is 8.83. The standard InChI is InChI=1S/C17H30N4O/c1-4-21(5-2)15(16-11-8-12-22-16)13-19-17(18-3)20-14-9-6-7-10-14/h8,11-12,14-15H,4-7,9-10,13H2,1-3H3,(H2,18,19,20). The minimum absolute atomic E-state index is 0.229. The van der Waals surface area contributed by atoms with Crippen molar-refractivity contribution in [3.63, 3.8) is 0 Å². The Bertz CT molecular complexity index is 434. The van der Waals surface area contributed by atoms with Crippen LogP contribution in [0.2, 0.25) is 0 Å². The Labute approximate surface area is 134 Å². The molecule has 1 heterocycles. The van der Waals surface area contributed by atoms with Crippen LogP contribution in [0, 0.1) is 0 Å². The Morgan fingerprint density at radius 1 is 1.36 bits per heavy atom. The fourth-order valence-corrected chi connectivity index (χ4v) is 3.21. The summed E-state index contributed by atoms with van der Waals surface area (Å²) in [5, 5.41) is 7.00. The minimum Gasteiger partial charge on any atom is -0.468 e. The summed E-state index contributed by atoms with van der Waals surface area (Å²) in [7, 11) is 1.84. The summed E-state index contributed by atoms with van der Waals surface area (Å²) in [6.45, 7) is 7.16. The highest BCUT2D eigenvalue weighted by Gasteiger charge is 2.22. The molecule has 0 aromatic carbocycles. The summed E-state index contributed by atoms with van der Waals surface area (Å²) in [4.78, 5) is 6.76. The fourth-order valence-electron chi connectivity index (χ4n) is 3.21. The van der Waals surface area contributed by atoms with Gasteiger partial charge in [-0.2, -0.15) is 0 Å². The first-order chi connectivity index (χ1) is 10.8. The lowest BCUT2D eigenvalue weighted by Crippen LogP contribution is -2.46. The monoisotopic (exact) mass is 306 g/mol. The molecule has 1 aliphatic rings. The predicted molar refractivity (Wildman–Crippen MR) is 91.1 cm³/mol. The van der Waals surface area contributed by atoms with E-state index in [4.69, 9.17) is 4.42 Å². The Hall–Kier alpha value is -1.49. The van der Waals surface area contributed by atoms with Crippen LogP contribution in [0.25, 0.3) is 0 Å². The predicted octanol–water partition coefficient (Wildman–Crippen LogP) is 2.77. The first kappa shape index (κ1) is 16.9. The molecule has 1 atom stereocenters. The van der Waals surface area contributed by atoms with E-state index in [9.17, 15) is 0 Å². The van der Waals surface area contributed by atoms with Crippen LogP contribution in [0.3, 0.4) is 0 Å². The first-order valence-electron chi connectivity index (χ1n) is 8.53. The molecule has 0 bridgehead atoms. The smallest absolute Gasteiger partial charge is 0.191 e. The number of likely N-dealkylation sites (N-methyl/N-ethyl adjacent to an activating group) is 1. The van der Waals surface area contributed by atoms with Crippen molar-refractivity contribution >= 4 is 5.96 Å². The lowest BCUT2D eigenvalue weighted by molar-refractivity contribution is 0.193. The second-order valence-electron chi connectivity index (χ2n) is 5.83. The molecule has 124 valence electrons. The number of nitrogens with zero attached hydrogens (tertiary/aromatic N) is 2. The van der Waals surface area contributed by atoms with Crippen LogP contribution in [-0.4, -0.2) is 43.6 Å². The zero-order valence-corrected chi connectivity index (χ0v) is 14.1. The van der Waals surface area contributed by atoms with Crippen LogP contribution < -0.4 is 10.6 Å². The van der Waals surface area contributed by atoms with E-state index in [1.165, 1.54) is 25.7 Å². The molecule has 2 N–H and O–H groups in total. The number of rotatable bonds is 7. The van der Waals surface area contributed by atoms with Crippen LogP contribution >= 0.6 is 0 Å². The van der Waals surface area contributed by atoms with Gasteiger partial charge >= 0.3 is 0 Å². The zero-order chi connectivity index (χ0) is 15.8. The van der Waals surface area contributed by atoms with Gasteiger partial charge in [-0.1, -0.05) is 26.7 Å². The van der Waals surface area contributed by atoms with Crippen molar-refractivity contribution in [3.05, 3.63) is 24.2 Å². The molecule has 1 aliphatic carbocycles. The molecule has 0 radical (unpaired) electrons. The molecule has 0 saturated heterocycles. The SMILES string of the molecule is CCN(CC)C(CNC(=NC)NC1CCCC1)c1ccco1. The Morgan fingerprint density at radius 2 is 2.09 bits per heavy atom. The number of furan rings is 1. The maximum Gasteiger partial charge on any atom is 0.191 e. The third-order valence-electron chi connectivity index (χ3n) is 4.51. The van der Waals surface area contributed by atoms with Gasteiger partial charge in [0.15, 0.2) is 5.96 Å². The minimum atomic E-state index is 0.229. The van der Waals surface area contributed by atoms with E-state index in [1.807, 2.05) is 13.1 Å². The van der Waals surface area contributed by atoms with Crippen LogP contribution in [0.4, 0.5) is 0 Å². The van der Waals surface area contributed by atoms with E-state index >= 15 is 0 Å². The number of hydrogen-bond donors (Lipinski definition) is 2. The molecule has 1 aromatic heterocycles. The van der Waals surface area contributed by atoms with Gasteiger partial charge in [-0.3, -0.25) is 9.89 Å². The third-order valence-corrected chi connectivity index (χ3v) is 4.51. The van der Waals surface area contributed by atoms with Gasteiger partial charge in [-0.05, 0) is 38.1 Å². The molecular formula is C17H30N4O. The molecule has 1 aromatic rings. The Balaban J connectivity index is 1.94. The van der Waals surface area contributed by atoms with Crippen LogP contribution in [0.1, 0.15) is 51.3 Å². The quantitative estimate of drug-likeness (QED) is 0.601. The number of hydrogen-bond acceptors (Lipinski definition) is 3. The molecule has 1 unspecified atom stereocenters. The molecule has 1 saturated carbocycles. The van der Waals surface area contributed by atoms with E-state index in [0.717, 1.165) is 31.4 Å². The molecule has 0 spiro atoms. The van der Waals surface area contributed by atoms with Crippen molar-refractivity contribution < 1.29 is 4.42 Å². The van der Waals surface area contributed by atoms with Gasteiger partial charge in [0.1, 0.15) is 5.76 Å². The van der Waals surface area contributed by atoms with Crippen molar-refractivity contribution in [3.8, 4) is 0 Å². The van der Waals surface area contributed by atoms with Gasteiger partial charge in [0.2, 0.25) is 0 Å². The van der Waals surface area contributed by atoms with Gasteiger partial charge in [0.05, 0.1) is 12.3 Å². The maximum absolute atomic E-state index is 5.64. The van der Waals surface area contributed by atoms with Crippen LogP contribution in [0.5, 0.6) is 0 Å². The van der Waals surface area contributed by atoms with Crippen molar-refractivity contribution in [2.75, 3.05) is 26.7 Å². The molecule has 5 nitrogen and oxygen atoms in total. The lowest BCUT2D eigenvalue weighted by Gasteiger charge is -2.29. The molecule has 1 fully saturated rings. The zero-order valence-electron chi connectivity index (χ0n) is 14.1. The normalized spacial score (nSPS) is 17.9. The van der Waals surface area contributed by atoms with E-state index in [1.54, 1.807) is 6.26 Å². The average molecular weight is 306 g/mol. The molecule has 5 heteroatoms. The van der Waals surface area contributed by atoms with Gasteiger partial charge in [-0.15, -0.1) is 0 Å². The van der Waals surface area contributed by atoms with E-state index in [-0.39, 0.29) is 6.04 Å². The van der Waals surface area contributed by atoms with Crippen LogP contribution in [-0.2, 0) is 0 Å². The fraction of sp³-hybridized carbons (Fsp3) is 0.706. The summed E-state index contributed by atoms with van der Waals surface area (Å²) in [5.41, 5.74) is 0. The molecule has 22 heavy (non-hydrogen) atoms. The molecule has 2 rings (SSSR count). The summed E-state index contributed by atoms with van der Waals surface area (Å²) in [6, 6.07) is 4.81. The number of nitrogens with one attached hydrogen (secondary N) is 2. The average Bonchev–Trinajstić information content (AvgIpc) is 3.23. The second-order valence-corrected chi connectivity index (χ2v) is 5.83. The molecule has 0 aliphatic heterocycles. The third kappa shape index (κ3) is 4.50. The van der Waals surface area contributed by atoms with Crippen molar-refractivity contribution in [2.24, 2.45) is 4.99 Å². The summed E-state index contributed by atoms with van der Waals surface area (Å²) in [5.74, 6) is 1.91. The Morgan fingerprint density at radius 3 is 2.64 bits per heavy atom. The Kier molecular flexibility index (Phi) is 6.77. The largest absolute Gasteiger partial charge is 0.468 e. The van der Waals surface area contributed by atoms with Crippen molar-refractivity contribution in [1.82, 2.24) is 15.5 Å². The van der Waals surface area contributed by atoms with Gasteiger partial charge in [0, 0.05) is 19.6 Å². The highest BCUT2D eigenvalue weighted by atomic mass is 16.3.